The molecule has 4 nitrogen and oxygen atoms in total. The SMILES string of the molecule is CCOC(=O)CP(Cl)(c1ccccc1)(c1ccccc1)c1ccccc1.O.O. The Morgan fingerprint density at radius 1 is 0.750 bits per heavy atom. The third-order valence-electron chi connectivity index (χ3n) is 4.62. The quantitative estimate of drug-likeness (QED) is 0.453. The molecule has 0 unspecified atom stereocenters. The molecule has 0 aliphatic heterocycles. The van der Waals surface area contributed by atoms with E-state index in [9.17, 15) is 4.79 Å². The van der Waals surface area contributed by atoms with Crippen molar-refractivity contribution < 1.29 is 20.5 Å². The van der Waals surface area contributed by atoms with Crippen LogP contribution in [0, 0.1) is 0 Å². The number of esters is 1. The first-order chi connectivity index (χ1) is 12.6. The first-order valence-electron chi connectivity index (χ1n) is 8.65. The Balaban J connectivity index is 0.00000196. The van der Waals surface area contributed by atoms with E-state index in [2.05, 4.69) is 0 Å². The molecule has 3 aromatic carbocycles. The first-order valence-corrected chi connectivity index (χ1v) is 12.0. The van der Waals surface area contributed by atoms with Crippen LogP contribution in [-0.2, 0) is 9.53 Å². The van der Waals surface area contributed by atoms with E-state index in [1.807, 2.05) is 97.9 Å². The summed E-state index contributed by atoms with van der Waals surface area (Å²) in [6.07, 6.45) is 0.124. The molecule has 0 aliphatic carbocycles. The Bertz CT molecular complexity index is 773. The Hall–Kier alpha value is -2.23. The Morgan fingerprint density at radius 2 is 1.07 bits per heavy atom. The molecule has 0 amide bonds. The largest absolute Gasteiger partial charge is 0.412 e. The molecular weight excluding hydrogens is 395 g/mol. The van der Waals surface area contributed by atoms with Gasteiger partial charge in [0.1, 0.15) is 0 Å². The fourth-order valence-electron chi connectivity index (χ4n) is 3.39. The van der Waals surface area contributed by atoms with Crippen LogP contribution in [0.15, 0.2) is 91.0 Å². The zero-order valence-electron chi connectivity index (χ0n) is 15.7. The summed E-state index contributed by atoms with van der Waals surface area (Å²) in [4.78, 5) is 12.7. The molecule has 4 N–H and O–H groups in total. The van der Waals surface area contributed by atoms with Crippen LogP contribution < -0.4 is 15.9 Å². The normalized spacial score (nSPS) is 11.9. The molecule has 0 atom stereocenters. The molecule has 0 fully saturated rings. The summed E-state index contributed by atoms with van der Waals surface area (Å²) in [6.45, 7) is 2.15. The third-order valence-corrected chi connectivity index (χ3v) is 11.7. The molecular formula is C22H26ClO4P. The van der Waals surface area contributed by atoms with Crippen LogP contribution >= 0.6 is 17.2 Å². The van der Waals surface area contributed by atoms with Crippen LogP contribution in [0.1, 0.15) is 6.92 Å². The summed E-state index contributed by atoms with van der Waals surface area (Å²) >= 11 is 7.73. The molecule has 0 saturated heterocycles. The molecule has 28 heavy (non-hydrogen) atoms. The van der Waals surface area contributed by atoms with Crippen molar-refractivity contribution in [2.45, 2.75) is 6.92 Å². The van der Waals surface area contributed by atoms with Gasteiger partial charge in [-0.1, -0.05) is 0 Å². The van der Waals surface area contributed by atoms with Crippen molar-refractivity contribution in [3.8, 4) is 0 Å². The van der Waals surface area contributed by atoms with Gasteiger partial charge in [0.25, 0.3) is 0 Å². The van der Waals surface area contributed by atoms with Gasteiger partial charge in [-0.25, -0.2) is 0 Å². The molecule has 0 heterocycles. The number of rotatable bonds is 6. The number of benzene rings is 3. The molecule has 0 saturated carbocycles. The van der Waals surface area contributed by atoms with Gasteiger partial charge in [0.05, 0.1) is 0 Å². The molecule has 0 bridgehead atoms. The minimum atomic E-state index is -3.54. The van der Waals surface area contributed by atoms with E-state index in [4.69, 9.17) is 16.0 Å². The maximum Gasteiger partial charge on any atom is -0.412 e. The van der Waals surface area contributed by atoms with E-state index in [1.165, 1.54) is 0 Å². The molecule has 3 rings (SSSR count). The van der Waals surface area contributed by atoms with Gasteiger partial charge in [-0.2, -0.15) is 0 Å². The van der Waals surface area contributed by atoms with Gasteiger partial charge in [-0.15, -0.1) is 0 Å². The molecule has 0 aromatic heterocycles. The number of hydrogen-bond acceptors (Lipinski definition) is 2. The van der Waals surface area contributed by atoms with Crippen LogP contribution in [0.2, 0.25) is 0 Å². The third kappa shape index (κ3) is 4.11. The molecule has 0 spiro atoms. The molecule has 3 aromatic rings. The van der Waals surface area contributed by atoms with Crippen molar-refractivity contribution in [2.75, 3.05) is 12.8 Å². The van der Waals surface area contributed by atoms with Crippen LogP contribution in [0.3, 0.4) is 0 Å². The maximum absolute atomic E-state index is 12.7. The number of halogens is 1. The minimum absolute atomic E-state index is 0. The van der Waals surface area contributed by atoms with E-state index in [-0.39, 0.29) is 23.1 Å². The van der Waals surface area contributed by atoms with Crippen molar-refractivity contribution in [1.82, 2.24) is 0 Å². The molecule has 0 radical (unpaired) electrons. The predicted octanol–water partition coefficient (Wildman–Crippen LogP) is 2.58. The van der Waals surface area contributed by atoms with E-state index in [0.29, 0.717) is 6.61 Å². The molecule has 0 aliphatic rings. The standard InChI is InChI=1S/C22H22ClO2P.2H2O/c1-2-25-22(24)18-26(23,19-12-6-3-7-13-19,20-14-8-4-9-15-20)21-16-10-5-11-17-21;;/h3-17H,2,18H2,1H3;2*1H2. The summed E-state index contributed by atoms with van der Waals surface area (Å²) in [7, 11) is 0. The van der Waals surface area contributed by atoms with Crippen LogP contribution in [-0.4, -0.2) is 29.7 Å². The van der Waals surface area contributed by atoms with Crippen molar-refractivity contribution in [3.63, 3.8) is 0 Å². The predicted molar refractivity (Wildman–Crippen MR) is 120 cm³/mol. The van der Waals surface area contributed by atoms with Gasteiger partial charge in [-0.05, 0) is 0 Å². The van der Waals surface area contributed by atoms with Gasteiger partial charge in [0.15, 0.2) is 0 Å². The Morgan fingerprint density at radius 3 is 1.36 bits per heavy atom. The average molecular weight is 421 g/mol. The Labute approximate surface area is 170 Å². The van der Waals surface area contributed by atoms with Gasteiger partial charge in [0.2, 0.25) is 0 Å². The van der Waals surface area contributed by atoms with E-state index in [0.717, 1.165) is 15.9 Å². The number of hydrogen-bond donors (Lipinski definition) is 0. The van der Waals surface area contributed by atoms with Crippen molar-refractivity contribution in [2.24, 2.45) is 0 Å². The fraction of sp³-hybridized carbons (Fsp3) is 0.136. The fourth-order valence-corrected chi connectivity index (χ4v) is 9.09. The minimum Gasteiger partial charge on any atom is -0.412 e. The second-order valence-corrected chi connectivity index (χ2v) is 12.6. The monoisotopic (exact) mass is 420 g/mol. The summed E-state index contributed by atoms with van der Waals surface area (Å²) in [5.74, 6) is -3.82. The van der Waals surface area contributed by atoms with Crippen LogP contribution in [0.4, 0.5) is 0 Å². The van der Waals surface area contributed by atoms with Gasteiger partial charge < -0.3 is 11.0 Å². The summed E-state index contributed by atoms with van der Waals surface area (Å²) in [5, 5.41) is 2.89. The maximum atomic E-state index is 12.7. The number of carbonyl (C=O) groups is 1. The first kappa shape index (κ1) is 23.8. The van der Waals surface area contributed by atoms with Crippen molar-refractivity contribution in [3.05, 3.63) is 91.0 Å². The smallest absolute Gasteiger partial charge is 0.412 e. The number of carbonyl (C=O) groups excluding carboxylic acids is 1. The topological polar surface area (TPSA) is 89.3 Å². The van der Waals surface area contributed by atoms with Crippen molar-refractivity contribution >= 4 is 39.1 Å². The summed E-state index contributed by atoms with van der Waals surface area (Å²) in [5.41, 5.74) is 0. The van der Waals surface area contributed by atoms with Gasteiger partial charge >= 0.3 is 159 Å². The second kappa shape index (κ2) is 9.81. The van der Waals surface area contributed by atoms with E-state index in [1.54, 1.807) is 0 Å². The van der Waals surface area contributed by atoms with E-state index >= 15 is 0 Å². The zero-order valence-corrected chi connectivity index (χ0v) is 17.4. The van der Waals surface area contributed by atoms with Crippen LogP contribution in [0.5, 0.6) is 0 Å². The number of ether oxygens (including phenoxy) is 1. The van der Waals surface area contributed by atoms with E-state index < -0.39 is 5.96 Å². The average Bonchev–Trinajstić information content (AvgIpc) is 2.70. The van der Waals surface area contributed by atoms with Crippen LogP contribution in [0.25, 0.3) is 0 Å². The van der Waals surface area contributed by atoms with Gasteiger partial charge in [-0.3, -0.25) is 0 Å². The molecule has 150 valence electrons. The van der Waals surface area contributed by atoms with Crippen molar-refractivity contribution in [1.29, 1.82) is 0 Å². The summed E-state index contributed by atoms with van der Waals surface area (Å²) in [6, 6.07) is 29.8. The molecule has 6 heteroatoms. The summed E-state index contributed by atoms with van der Waals surface area (Å²) < 4.78 is 5.34. The Kier molecular flexibility index (Phi) is 8.34. The van der Waals surface area contributed by atoms with Gasteiger partial charge in [0, 0.05) is 0 Å². The second-order valence-electron chi connectivity index (χ2n) is 6.15. The zero-order chi connectivity index (χ0) is 18.5.